The highest BCUT2D eigenvalue weighted by Crippen LogP contribution is 2.47. The van der Waals surface area contributed by atoms with Crippen molar-refractivity contribution >= 4 is 52.6 Å². The molecule has 2 aromatic heterocycles. The Bertz CT molecular complexity index is 834. The second-order valence-corrected chi connectivity index (χ2v) is 6.75. The van der Waals surface area contributed by atoms with Gasteiger partial charge in [-0.05, 0) is 36.1 Å². The number of nitrogens with one attached hydrogen (secondary N) is 2. The minimum atomic E-state index is -0.607. The quantitative estimate of drug-likeness (QED) is 0.476. The van der Waals surface area contributed by atoms with E-state index in [9.17, 15) is 4.79 Å². The molecule has 1 amide bonds. The highest BCUT2D eigenvalue weighted by Gasteiger charge is 2.36. The predicted octanol–water partition coefficient (Wildman–Crippen LogP) is 3.52. The zero-order valence-electron chi connectivity index (χ0n) is 12.6. The van der Waals surface area contributed by atoms with E-state index in [0.29, 0.717) is 17.6 Å². The van der Waals surface area contributed by atoms with Gasteiger partial charge in [-0.2, -0.15) is 10.1 Å². The molecule has 2 aromatic rings. The molecule has 0 radical (unpaired) electrons. The number of pyridine rings is 1. The van der Waals surface area contributed by atoms with Crippen molar-refractivity contribution in [2.45, 2.75) is 19.3 Å². The van der Waals surface area contributed by atoms with E-state index in [4.69, 9.17) is 45.0 Å². The van der Waals surface area contributed by atoms with E-state index in [0.717, 1.165) is 12.2 Å². The summed E-state index contributed by atoms with van der Waals surface area (Å²) in [6, 6.07) is 3.72. The van der Waals surface area contributed by atoms with Crippen LogP contribution in [0.25, 0.3) is 0 Å². The lowest BCUT2D eigenvalue weighted by Crippen LogP contribution is -2.28. The van der Waals surface area contributed by atoms with Gasteiger partial charge in [0.2, 0.25) is 0 Å². The molecule has 9 heteroatoms. The number of nitrogens with zero attached hydrogens (tertiary/aromatic N) is 1. The molecular weight excluding hydrogens is 375 g/mol. The number of rotatable bonds is 4. The van der Waals surface area contributed by atoms with Crippen LogP contribution in [-0.2, 0) is 0 Å². The van der Waals surface area contributed by atoms with Gasteiger partial charge >= 0.3 is 5.91 Å². The van der Waals surface area contributed by atoms with Crippen molar-refractivity contribution < 1.29 is 14.2 Å². The molecule has 0 aromatic carbocycles. The summed E-state index contributed by atoms with van der Waals surface area (Å²) in [6.45, 7) is 2.17. The number of H-pyrrole nitrogens is 1. The van der Waals surface area contributed by atoms with E-state index < -0.39 is 5.91 Å². The molecule has 0 spiro atoms. The van der Waals surface area contributed by atoms with Gasteiger partial charge in [-0.1, -0.05) is 30.1 Å². The lowest BCUT2D eigenvalue weighted by atomic mass is 10.3. The van der Waals surface area contributed by atoms with E-state index in [1.807, 2.05) is 6.07 Å². The van der Waals surface area contributed by atoms with Crippen LogP contribution in [0.2, 0.25) is 15.2 Å². The first kappa shape index (κ1) is 17.1. The number of furan rings is 1. The molecule has 126 valence electrons. The van der Waals surface area contributed by atoms with Gasteiger partial charge in [0.15, 0.2) is 0 Å². The molecule has 1 aliphatic carbocycles. The number of halogens is 3. The Balaban J connectivity index is 1.68. The number of aromatic amines is 1. The lowest BCUT2D eigenvalue weighted by Gasteiger charge is -2.02. The number of nitrogens with two attached hydrogens (primary N) is 1. The molecule has 0 unspecified atom stereocenters. The molecule has 0 bridgehead atoms. The molecule has 6 nitrogen and oxygen atoms in total. The molecule has 24 heavy (non-hydrogen) atoms. The average molecular weight is 389 g/mol. The summed E-state index contributed by atoms with van der Waals surface area (Å²) >= 11 is 17.7. The van der Waals surface area contributed by atoms with Crippen molar-refractivity contribution in [3.8, 4) is 0 Å². The van der Waals surface area contributed by atoms with Crippen LogP contribution in [0.3, 0.4) is 0 Å². The molecule has 1 fully saturated rings. The van der Waals surface area contributed by atoms with E-state index >= 15 is 0 Å². The Morgan fingerprint density at radius 3 is 2.79 bits per heavy atom. The van der Waals surface area contributed by atoms with E-state index in [-0.39, 0.29) is 26.6 Å². The van der Waals surface area contributed by atoms with Gasteiger partial charge in [-0.3, -0.25) is 4.79 Å². The fourth-order valence-electron chi connectivity index (χ4n) is 2.29. The number of nitrogen functional groups attached to an aromatic ring is 1. The van der Waals surface area contributed by atoms with Crippen LogP contribution < -0.4 is 16.1 Å². The van der Waals surface area contributed by atoms with Crippen molar-refractivity contribution in [1.82, 2.24) is 5.43 Å². The number of carbonyl (C=O) groups excluding carboxylic acids is 1. The summed E-state index contributed by atoms with van der Waals surface area (Å²) in [6.07, 6.45) is 2.54. The smallest absolute Gasteiger partial charge is 0.337 e. The van der Waals surface area contributed by atoms with Crippen molar-refractivity contribution in [2.24, 2.45) is 11.0 Å². The molecule has 0 saturated heterocycles. The number of amides is 1. The first-order valence-corrected chi connectivity index (χ1v) is 8.30. The standard InChI is InChI=1S/C15H13Cl3N4O2/c1-6-4-8(6)9-3-2-7(24-9)5-20-22-15(23)13-10(16)12(19)11(17)14(18)21-13/h2-3,5-6,8H,4H2,1H3,(H2,19,21)(H,22,23)/p+1/b20-5+/t6-,8-/m0/s1. The third-order valence-corrected chi connectivity index (χ3v) is 4.99. The van der Waals surface area contributed by atoms with Crippen LogP contribution in [0.15, 0.2) is 21.7 Å². The van der Waals surface area contributed by atoms with Gasteiger partial charge in [0.05, 0.1) is 11.9 Å². The van der Waals surface area contributed by atoms with E-state index in [1.165, 1.54) is 6.21 Å². The maximum atomic E-state index is 12.1. The summed E-state index contributed by atoms with van der Waals surface area (Å²) in [5.74, 6) is 2.01. The zero-order chi connectivity index (χ0) is 17.4. The molecule has 3 rings (SSSR count). The van der Waals surface area contributed by atoms with Gasteiger partial charge in [0.25, 0.3) is 10.8 Å². The van der Waals surface area contributed by atoms with Crippen LogP contribution >= 0.6 is 34.8 Å². The Hall–Kier alpha value is -1.76. The SMILES string of the molecule is C[C@H]1C[C@@H]1c1ccc(/C=N/NC(=O)c2[nH+]c(Cl)c(Cl)c(N)c2Cl)o1. The lowest BCUT2D eigenvalue weighted by molar-refractivity contribution is -0.379. The number of hydrogen-bond donors (Lipinski definition) is 2. The second kappa shape index (κ2) is 6.63. The van der Waals surface area contributed by atoms with Crippen LogP contribution in [0.4, 0.5) is 5.69 Å². The Kier molecular flexibility index (Phi) is 4.71. The molecule has 1 aliphatic rings. The maximum Gasteiger partial charge on any atom is 0.337 e. The average Bonchev–Trinajstić information content (AvgIpc) is 3.09. The summed E-state index contributed by atoms with van der Waals surface area (Å²) in [5.41, 5.74) is 7.99. The third-order valence-electron chi connectivity index (χ3n) is 3.83. The normalized spacial score (nSPS) is 19.7. The highest BCUT2D eigenvalue weighted by molar-refractivity contribution is 6.45. The Morgan fingerprint density at radius 1 is 1.42 bits per heavy atom. The number of anilines is 1. The largest absolute Gasteiger partial charge is 0.460 e. The highest BCUT2D eigenvalue weighted by atomic mass is 35.5. The fraction of sp³-hybridized carbons (Fsp3) is 0.267. The van der Waals surface area contributed by atoms with Crippen molar-refractivity contribution in [2.75, 3.05) is 5.73 Å². The molecule has 2 heterocycles. The number of hydrazone groups is 1. The van der Waals surface area contributed by atoms with Crippen LogP contribution in [0, 0.1) is 5.92 Å². The van der Waals surface area contributed by atoms with Gasteiger partial charge in [0, 0.05) is 5.92 Å². The number of hydrogen-bond acceptors (Lipinski definition) is 4. The van der Waals surface area contributed by atoms with Gasteiger partial charge in [-0.15, -0.1) is 0 Å². The van der Waals surface area contributed by atoms with Gasteiger partial charge in [0.1, 0.15) is 21.6 Å². The summed E-state index contributed by atoms with van der Waals surface area (Å²) < 4.78 is 5.65. The Labute approximate surface area is 153 Å². The second-order valence-electron chi connectivity index (χ2n) is 5.61. The molecular formula is C15H14Cl3N4O2+. The monoisotopic (exact) mass is 387 g/mol. The van der Waals surface area contributed by atoms with Gasteiger partial charge < -0.3 is 10.2 Å². The summed E-state index contributed by atoms with van der Waals surface area (Å²) in [5, 5.41) is 3.88. The van der Waals surface area contributed by atoms with E-state index in [1.54, 1.807) is 6.07 Å². The maximum absolute atomic E-state index is 12.1. The predicted molar refractivity (Wildman–Crippen MR) is 92.7 cm³/mol. The first-order chi connectivity index (χ1) is 11.4. The van der Waals surface area contributed by atoms with Crippen LogP contribution in [0.5, 0.6) is 0 Å². The number of carbonyl (C=O) groups is 1. The summed E-state index contributed by atoms with van der Waals surface area (Å²) in [4.78, 5) is 14.7. The summed E-state index contributed by atoms with van der Waals surface area (Å²) in [7, 11) is 0. The molecule has 4 N–H and O–H groups in total. The number of aromatic nitrogens is 1. The molecule has 0 aliphatic heterocycles. The minimum Gasteiger partial charge on any atom is -0.460 e. The van der Waals surface area contributed by atoms with Crippen molar-refractivity contribution in [3.05, 3.63) is 44.5 Å². The zero-order valence-corrected chi connectivity index (χ0v) is 14.8. The minimum absolute atomic E-state index is 0.0157. The topological polar surface area (TPSA) is 94.8 Å². The van der Waals surface area contributed by atoms with Crippen molar-refractivity contribution in [3.63, 3.8) is 0 Å². The van der Waals surface area contributed by atoms with Crippen LogP contribution in [-0.4, -0.2) is 12.1 Å². The fourth-order valence-corrected chi connectivity index (χ4v) is 2.91. The van der Waals surface area contributed by atoms with Crippen molar-refractivity contribution in [1.29, 1.82) is 0 Å². The van der Waals surface area contributed by atoms with Crippen LogP contribution in [0.1, 0.15) is 41.3 Å². The third kappa shape index (κ3) is 3.36. The molecule has 2 atom stereocenters. The first-order valence-electron chi connectivity index (χ1n) is 7.17. The Morgan fingerprint density at radius 2 is 2.12 bits per heavy atom. The van der Waals surface area contributed by atoms with Gasteiger partial charge in [-0.25, -0.2) is 5.43 Å². The van der Waals surface area contributed by atoms with E-state index in [2.05, 4.69) is 22.4 Å². The molecule has 1 saturated carbocycles.